The lowest BCUT2D eigenvalue weighted by Crippen LogP contribution is -2.36. The monoisotopic (exact) mass is 529 g/mol. The number of halogens is 1. The average molecular weight is 530 g/mol. The quantitative estimate of drug-likeness (QED) is 0.511. The second-order valence-corrected chi connectivity index (χ2v) is 10.5. The number of rotatable bonds is 6. The Labute approximate surface area is 220 Å². The average Bonchev–Trinajstić information content (AvgIpc) is 3.30. The van der Waals surface area contributed by atoms with Crippen molar-refractivity contribution in [1.29, 1.82) is 0 Å². The number of anilines is 4. The van der Waals surface area contributed by atoms with Gasteiger partial charge in [-0.15, -0.1) is 0 Å². The number of hydrogen-bond donors (Lipinski definition) is 3. The molecule has 2 fully saturated rings. The first-order valence-electron chi connectivity index (χ1n) is 12.2. The number of primary amides is 1. The number of piperidine rings is 1. The fraction of sp³-hybridized carbons (Fsp3) is 0.480. The van der Waals surface area contributed by atoms with Gasteiger partial charge in [0.05, 0.1) is 0 Å². The van der Waals surface area contributed by atoms with Crippen LogP contribution in [-0.4, -0.2) is 70.5 Å². The van der Waals surface area contributed by atoms with Crippen molar-refractivity contribution < 1.29 is 19.1 Å². The molecule has 198 valence electrons. The minimum Gasteiger partial charge on any atom is -0.444 e. The number of likely N-dealkylation sites (tertiary alicyclic amines) is 1. The normalized spacial score (nSPS) is 18.1. The van der Waals surface area contributed by atoms with Crippen LogP contribution in [0.25, 0.3) is 0 Å². The Morgan fingerprint density at radius 3 is 2.38 bits per heavy atom. The summed E-state index contributed by atoms with van der Waals surface area (Å²) in [6, 6.07) is 7.47. The standard InChI is InChI=1S/C25H32ClN7O4/c1-25(2,3)37-24(36)33-11-8-16(14-33)29-23-20(26)30-19(21(27)35)22(31-23)28-15-4-6-17(7-5-15)32-12-9-18(34)10-13-32/h4-7,16H,8-14H2,1-3H3,(H2,27,35)(H2,28,29,31)/t16-/m1/s1. The zero-order valence-electron chi connectivity index (χ0n) is 21.2. The van der Waals surface area contributed by atoms with E-state index in [9.17, 15) is 14.4 Å². The van der Waals surface area contributed by atoms with Gasteiger partial charge in [0.1, 0.15) is 11.4 Å². The summed E-state index contributed by atoms with van der Waals surface area (Å²) >= 11 is 6.32. The number of carbonyl (C=O) groups is 3. The number of nitrogens with zero attached hydrogens (tertiary/aromatic N) is 4. The third-order valence-electron chi connectivity index (χ3n) is 6.08. The molecule has 1 aromatic carbocycles. The van der Waals surface area contributed by atoms with Crippen LogP contribution in [-0.2, 0) is 9.53 Å². The highest BCUT2D eigenvalue weighted by Gasteiger charge is 2.31. The molecule has 4 N–H and O–H groups in total. The number of amides is 2. The molecule has 0 saturated carbocycles. The van der Waals surface area contributed by atoms with Crippen molar-refractivity contribution in [3.05, 3.63) is 35.1 Å². The summed E-state index contributed by atoms with van der Waals surface area (Å²) in [4.78, 5) is 48.4. The maximum absolute atomic E-state index is 12.4. The molecule has 11 nitrogen and oxygen atoms in total. The summed E-state index contributed by atoms with van der Waals surface area (Å²) in [5, 5.41) is 6.33. The highest BCUT2D eigenvalue weighted by atomic mass is 35.5. The Balaban J connectivity index is 1.46. The van der Waals surface area contributed by atoms with Crippen LogP contribution >= 0.6 is 11.6 Å². The van der Waals surface area contributed by atoms with Crippen molar-refractivity contribution in [1.82, 2.24) is 14.9 Å². The van der Waals surface area contributed by atoms with Crippen LogP contribution < -0.4 is 21.3 Å². The first-order chi connectivity index (χ1) is 17.5. The molecule has 37 heavy (non-hydrogen) atoms. The number of ketones is 1. The number of hydrogen-bond acceptors (Lipinski definition) is 9. The van der Waals surface area contributed by atoms with Gasteiger partial charge in [-0.2, -0.15) is 0 Å². The van der Waals surface area contributed by atoms with Crippen LogP contribution in [0.3, 0.4) is 0 Å². The fourth-order valence-corrected chi connectivity index (χ4v) is 4.42. The van der Waals surface area contributed by atoms with Crippen molar-refractivity contribution in [3.8, 4) is 0 Å². The molecule has 2 aliphatic rings. The van der Waals surface area contributed by atoms with E-state index in [-0.39, 0.29) is 40.4 Å². The zero-order chi connectivity index (χ0) is 26.7. The second kappa shape index (κ2) is 10.8. The molecule has 0 aliphatic carbocycles. The largest absolute Gasteiger partial charge is 0.444 e. The lowest BCUT2D eigenvalue weighted by molar-refractivity contribution is -0.119. The van der Waals surface area contributed by atoms with E-state index in [2.05, 4.69) is 25.5 Å². The first kappa shape index (κ1) is 26.5. The Morgan fingerprint density at radius 2 is 1.76 bits per heavy atom. The predicted molar refractivity (Wildman–Crippen MR) is 142 cm³/mol. The molecule has 0 spiro atoms. The molecule has 3 heterocycles. The molecule has 2 saturated heterocycles. The Morgan fingerprint density at radius 1 is 1.08 bits per heavy atom. The van der Waals surface area contributed by atoms with Crippen LogP contribution in [0.4, 0.5) is 27.8 Å². The highest BCUT2D eigenvalue weighted by Crippen LogP contribution is 2.28. The lowest BCUT2D eigenvalue weighted by Gasteiger charge is -2.28. The van der Waals surface area contributed by atoms with Gasteiger partial charge in [0.15, 0.2) is 22.5 Å². The van der Waals surface area contributed by atoms with Crippen molar-refractivity contribution in [2.45, 2.75) is 51.7 Å². The molecular weight excluding hydrogens is 498 g/mol. The topological polar surface area (TPSA) is 143 Å². The predicted octanol–water partition coefficient (Wildman–Crippen LogP) is 3.56. The Hall–Kier alpha value is -3.60. The number of aromatic nitrogens is 2. The van der Waals surface area contributed by atoms with E-state index in [1.165, 1.54) is 0 Å². The minimum absolute atomic E-state index is 0.00469. The van der Waals surface area contributed by atoms with E-state index in [0.29, 0.717) is 51.1 Å². The SMILES string of the molecule is CC(C)(C)OC(=O)N1CC[C@@H](Nc2nc(Nc3ccc(N4CCC(=O)CC4)cc3)c(C(N)=O)nc2Cl)C1. The summed E-state index contributed by atoms with van der Waals surface area (Å²) in [6.07, 6.45) is 1.39. The van der Waals surface area contributed by atoms with E-state index in [1.807, 2.05) is 45.0 Å². The lowest BCUT2D eigenvalue weighted by atomic mass is 10.1. The van der Waals surface area contributed by atoms with E-state index in [1.54, 1.807) is 4.90 Å². The molecular formula is C25H32ClN7O4. The molecule has 1 aromatic heterocycles. The highest BCUT2D eigenvalue weighted by molar-refractivity contribution is 6.32. The zero-order valence-corrected chi connectivity index (χ0v) is 22.0. The number of nitrogens with one attached hydrogen (secondary N) is 2. The summed E-state index contributed by atoms with van der Waals surface area (Å²) in [7, 11) is 0. The van der Waals surface area contributed by atoms with Gasteiger partial charge in [-0.1, -0.05) is 11.6 Å². The van der Waals surface area contributed by atoms with Gasteiger partial charge in [0.25, 0.3) is 5.91 Å². The van der Waals surface area contributed by atoms with Crippen LogP contribution in [0.15, 0.2) is 24.3 Å². The maximum Gasteiger partial charge on any atom is 0.410 e. The second-order valence-electron chi connectivity index (χ2n) is 10.2. The van der Waals surface area contributed by atoms with Crippen LogP contribution in [0.5, 0.6) is 0 Å². The molecule has 0 bridgehead atoms. The Bertz CT molecular complexity index is 1170. The number of benzene rings is 1. The van der Waals surface area contributed by atoms with Crippen LogP contribution in [0.1, 0.15) is 50.5 Å². The molecule has 2 aliphatic heterocycles. The van der Waals surface area contributed by atoms with Crippen LogP contribution in [0, 0.1) is 0 Å². The van der Waals surface area contributed by atoms with Crippen molar-refractivity contribution in [2.75, 3.05) is 41.7 Å². The van der Waals surface area contributed by atoms with Gasteiger partial charge in [-0.25, -0.2) is 14.8 Å². The van der Waals surface area contributed by atoms with Gasteiger partial charge in [0.2, 0.25) is 0 Å². The van der Waals surface area contributed by atoms with Gasteiger partial charge < -0.3 is 30.9 Å². The van der Waals surface area contributed by atoms with E-state index in [0.717, 1.165) is 5.69 Å². The van der Waals surface area contributed by atoms with E-state index in [4.69, 9.17) is 22.1 Å². The summed E-state index contributed by atoms with van der Waals surface area (Å²) in [6.45, 7) is 7.80. The third kappa shape index (κ3) is 6.79. The van der Waals surface area contributed by atoms with Gasteiger partial charge in [-0.3, -0.25) is 9.59 Å². The molecule has 12 heteroatoms. The van der Waals surface area contributed by atoms with E-state index >= 15 is 0 Å². The summed E-state index contributed by atoms with van der Waals surface area (Å²) in [5.41, 5.74) is 6.56. The molecule has 1 atom stereocenters. The van der Waals surface area contributed by atoms with Crippen molar-refractivity contribution in [3.63, 3.8) is 0 Å². The van der Waals surface area contributed by atoms with Gasteiger partial charge in [0, 0.05) is 56.4 Å². The first-order valence-corrected chi connectivity index (χ1v) is 12.6. The minimum atomic E-state index is -0.768. The van der Waals surface area contributed by atoms with E-state index < -0.39 is 11.5 Å². The fourth-order valence-electron chi connectivity index (χ4n) is 4.24. The van der Waals surface area contributed by atoms with Crippen molar-refractivity contribution >= 4 is 52.4 Å². The van der Waals surface area contributed by atoms with Gasteiger partial charge in [-0.05, 0) is 51.5 Å². The maximum atomic E-state index is 12.4. The number of nitrogens with two attached hydrogens (primary N) is 1. The number of ether oxygens (including phenoxy) is 1. The molecule has 0 unspecified atom stereocenters. The van der Waals surface area contributed by atoms with Crippen molar-refractivity contribution in [2.24, 2.45) is 5.73 Å². The van der Waals surface area contributed by atoms with Gasteiger partial charge >= 0.3 is 6.09 Å². The number of Topliss-reactive ketones (excluding diaryl/α,β-unsaturated/α-hetero) is 1. The summed E-state index contributed by atoms with van der Waals surface area (Å²) < 4.78 is 5.45. The Kier molecular flexibility index (Phi) is 7.72. The summed E-state index contributed by atoms with van der Waals surface area (Å²) in [5.74, 6) is -0.0399. The molecule has 0 radical (unpaired) electrons. The molecule has 4 rings (SSSR count). The third-order valence-corrected chi connectivity index (χ3v) is 6.35. The molecule has 2 aromatic rings. The number of carbonyl (C=O) groups excluding carboxylic acids is 3. The van der Waals surface area contributed by atoms with Crippen LogP contribution in [0.2, 0.25) is 5.15 Å². The smallest absolute Gasteiger partial charge is 0.410 e. The molecule has 2 amide bonds.